The molecule has 0 atom stereocenters. The van der Waals surface area contributed by atoms with Crippen LogP contribution in [0, 0.1) is 10.1 Å². The van der Waals surface area contributed by atoms with E-state index in [4.69, 9.17) is 0 Å². The van der Waals surface area contributed by atoms with Crippen LogP contribution in [0.3, 0.4) is 0 Å². The zero-order chi connectivity index (χ0) is 14.5. The number of amides is 1. The third-order valence-corrected chi connectivity index (χ3v) is 3.73. The predicted octanol–water partition coefficient (Wildman–Crippen LogP) is 2.18. The van der Waals surface area contributed by atoms with Crippen LogP contribution in [0.15, 0.2) is 22.7 Å². The molecule has 1 aromatic rings. The number of rotatable bonds is 5. The van der Waals surface area contributed by atoms with E-state index in [0.717, 1.165) is 19.6 Å². The summed E-state index contributed by atoms with van der Waals surface area (Å²) in [5.74, 6) is -0.284. The Bertz CT molecular complexity index is 516. The fourth-order valence-electron chi connectivity index (χ4n) is 2.25. The van der Waals surface area contributed by atoms with Crippen molar-refractivity contribution in [1.82, 2.24) is 10.2 Å². The standard InChI is InChI=1S/C13H16BrN3O3/c14-11-7-10(8-12(9-11)17(19)20)13(18)15-3-6-16-4-1-2-5-16/h7-9H,1-6H2,(H,15,18). The van der Waals surface area contributed by atoms with Gasteiger partial charge in [0.05, 0.1) is 4.92 Å². The van der Waals surface area contributed by atoms with Crippen molar-refractivity contribution >= 4 is 27.5 Å². The Morgan fingerprint density at radius 3 is 2.70 bits per heavy atom. The quantitative estimate of drug-likeness (QED) is 0.657. The molecule has 0 spiro atoms. The number of nitro benzene ring substituents is 1. The van der Waals surface area contributed by atoms with Crippen LogP contribution in [0.5, 0.6) is 0 Å². The van der Waals surface area contributed by atoms with Crippen LogP contribution in [0.25, 0.3) is 0 Å². The maximum Gasteiger partial charge on any atom is 0.271 e. The summed E-state index contributed by atoms with van der Waals surface area (Å²) in [6, 6.07) is 4.25. The molecule has 0 aliphatic carbocycles. The molecule has 1 amide bonds. The number of benzene rings is 1. The van der Waals surface area contributed by atoms with Crippen LogP contribution in [-0.2, 0) is 0 Å². The molecule has 1 aromatic carbocycles. The number of nitrogens with zero attached hydrogens (tertiary/aromatic N) is 2. The Labute approximate surface area is 125 Å². The average Bonchev–Trinajstić information content (AvgIpc) is 2.91. The zero-order valence-electron chi connectivity index (χ0n) is 11.0. The number of non-ortho nitro benzene ring substituents is 1. The number of nitrogens with one attached hydrogen (secondary N) is 1. The molecule has 1 fully saturated rings. The summed E-state index contributed by atoms with van der Waals surface area (Å²) >= 11 is 3.18. The van der Waals surface area contributed by atoms with Gasteiger partial charge in [-0.3, -0.25) is 14.9 Å². The summed E-state index contributed by atoms with van der Waals surface area (Å²) < 4.78 is 0.524. The molecule has 6 nitrogen and oxygen atoms in total. The minimum atomic E-state index is -0.508. The van der Waals surface area contributed by atoms with E-state index >= 15 is 0 Å². The molecule has 1 heterocycles. The van der Waals surface area contributed by atoms with Crippen molar-refractivity contribution in [1.29, 1.82) is 0 Å². The maximum atomic E-state index is 12.0. The summed E-state index contributed by atoms with van der Waals surface area (Å²) in [6.07, 6.45) is 2.43. The molecular weight excluding hydrogens is 326 g/mol. The topological polar surface area (TPSA) is 75.5 Å². The largest absolute Gasteiger partial charge is 0.351 e. The van der Waals surface area contributed by atoms with Crippen molar-refractivity contribution in [3.63, 3.8) is 0 Å². The van der Waals surface area contributed by atoms with Crippen molar-refractivity contribution in [3.8, 4) is 0 Å². The van der Waals surface area contributed by atoms with E-state index in [1.54, 1.807) is 6.07 Å². The van der Waals surface area contributed by atoms with Gasteiger partial charge < -0.3 is 10.2 Å². The van der Waals surface area contributed by atoms with Gasteiger partial charge in [-0.05, 0) is 32.0 Å². The van der Waals surface area contributed by atoms with Crippen molar-refractivity contribution in [3.05, 3.63) is 38.3 Å². The Morgan fingerprint density at radius 1 is 1.35 bits per heavy atom. The van der Waals surface area contributed by atoms with Gasteiger partial charge in [0.1, 0.15) is 0 Å². The number of halogens is 1. The van der Waals surface area contributed by atoms with Crippen molar-refractivity contribution < 1.29 is 9.72 Å². The first-order chi connectivity index (χ1) is 9.56. The molecule has 1 aliphatic heterocycles. The van der Waals surface area contributed by atoms with Crippen LogP contribution in [0.1, 0.15) is 23.2 Å². The first kappa shape index (κ1) is 14.9. The number of hydrogen-bond donors (Lipinski definition) is 1. The zero-order valence-corrected chi connectivity index (χ0v) is 12.6. The number of hydrogen-bond acceptors (Lipinski definition) is 4. The van der Waals surface area contributed by atoms with E-state index in [0.29, 0.717) is 16.6 Å². The minimum Gasteiger partial charge on any atom is -0.351 e. The lowest BCUT2D eigenvalue weighted by Gasteiger charge is -2.14. The third-order valence-electron chi connectivity index (χ3n) is 3.27. The van der Waals surface area contributed by atoms with E-state index in [2.05, 4.69) is 26.1 Å². The van der Waals surface area contributed by atoms with Crippen LogP contribution < -0.4 is 5.32 Å². The first-order valence-electron chi connectivity index (χ1n) is 6.52. The minimum absolute atomic E-state index is 0.0935. The molecule has 108 valence electrons. The molecule has 0 aromatic heterocycles. The normalized spacial score (nSPS) is 15.2. The monoisotopic (exact) mass is 341 g/mol. The molecule has 2 rings (SSSR count). The smallest absolute Gasteiger partial charge is 0.271 e. The van der Waals surface area contributed by atoms with Crippen LogP contribution in [-0.4, -0.2) is 41.9 Å². The molecule has 0 saturated carbocycles. The number of likely N-dealkylation sites (tertiary alicyclic amines) is 1. The molecule has 1 N–H and O–H groups in total. The highest BCUT2D eigenvalue weighted by Crippen LogP contribution is 2.21. The van der Waals surface area contributed by atoms with Gasteiger partial charge in [-0.25, -0.2) is 0 Å². The van der Waals surface area contributed by atoms with Gasteiger partial charge in [0.15, 0.2) is 0 Å². The summed E-state index contributed by atoms with van der Waals surface area (Å²) in [4.78, 5) is 24.5. The fourth-order valence-corrected chi connectivity index (χ4v) is 2.73. The van der Waals surface area contributed by atoms with E-state index in [-0.39, 0.29) is 11.6 Å². The van der Waals surface area contributed by atoms with Gasteiger partial charge in [0.25, 0.3) is 11.6 Å². The molecule has 0 bridgehead atoms. The summed E-state index contributed by atoms with van der Waals surface area (Å²) in [7, 11) is 0. The Kier molecular flexibility index (Phi) is 5.08. The predicted molar refractivity (Wildman–Crippen MR) is 78.8 cm³/mol. The van der Waals surface area contributed by atoms with Gasteiger partial charge in [-0.2, -0.15) is 0 Å². The number of carbonyl (C=O) groups is 1. The molecular formula is C13H16BrN3O3. The molecule has 0 unspecified atom stereocenters. The second-order valence-electron chi connectivity index (χ2n) is 4.76. The van der Waals surface area contributed by atoms with Gasteiger partial charge in [-0.1, -0.05) is 15.9 Å². The average molecular weight is 342 g/mol. The highest BCUT2D eigenvalue weighted by atomic mass is 79.9. The summed E-state index contributed by atoms with van der Waals surface area (Å²) in [5.41, 5.74) is 0.205. The van der Waals surface area contributed by atoms with E-state index in [1.807, 2.05) is 0 Å². The lowest BCUT2D eigenvalue weighted by molar-refractivity contribution is -0.385. The third kappa shape index (κ3) is 4.01. The van der Waals surface area contributed by atoms with Gasteiger partial charge in [-0.15, -0.1) is 0 Å². The van der Waals surface area contributed by atoms with Gasteiger partial charge in [0, 0.05) is 35.3 Å². The van der Waals surface area contributed by atoms with Crippen LogP contribution in [0.4, 0.5) is 5.69 Å². The highest BCUT2D eigenvalue weighted by Gasteiger charge is 2.15. The van der Waals surface area contributed by atoms with Crippen molar-refractivity contribution in [2.45, 2.75) is 12.8 Å². The SMILES string of the molecule is O=C(NCCN1CCCC1)c1cc(Br)cc([N+](=O)[O-])c1. The van der Waals surface area contributed by atoms with Crippen LogP contribution >= 0.6 is 15.9 Å². The first-order valence-corrected chi connectivity index (χ1v) is 7.31. The summed E-state index contributed by atoms with van der Waals surface area (Å²) in [5, 5.41) is 13.6. The van der Waals surface area contributed by atoms with E-state index in [1.165, 1.54) is 25.0 Å². The Balaban J connectivity index is 1.92. The molecule has 1 aliphatic rings. The molecule has 20 heavy (non-hydrogen) atoms. The van der Waals surface area contributed by atoms with Crippen molar-refractivity contribution in [2.75, 3.05) is 26.2 Å². The number of nitro groups is 1. The molecule has 1 saturated heterocycles. The lowest BCUT2D eigenvalue weighted by Crippen LogP contribution is -2.33. The van der Waals surface area contributed by atoms with Crippen molar-refractivity contribution in [2.24, 2.45) is 0 Å². The second kappa shape index (κ2) is 6.81. The van der Waals surface area contributed by atoms with E-state index < -0.39 is 4.92 Å². The molecule has 0 radical (unpaired) electrons. The maximum absolute atomic E-state index is 12.0. The Morgan fingerprint density at radius 2 is 2.05 bits per heavy atom. The number of carbonyl (C=O) groups excluding carboxylic acids is 1. The van der Waals surface area contributed by atoms with Gasteiger partial charge >= 0.3 is 0 Å². The second-order valence-corrected chi connectivity index (χ2v) is 5.68. The fraction of sp³-hybridized carbons (Fsp3) is 0.462. The Hall–Kier alpha value is -1.47. The van der Waals surface area contributed by atoms with E-state index in [9.17, 15) is 14.9 Å². The van der Waals surface area contributed by atoms with Crippen LogP contribution in [0.2, 0.25) is 0 Å². The lowest BCUT2D eigenvalue weighted by atomic mass is 10.2. The summed E-state index contributed by atoms with van der Waals surface area (Å²) in [6.45, 7) is 3.54. The highest BCUT2D eigenvalue weighted by molar-refractivity contribution is 9.10. The van der Waals surface area contributed by atoms with Gasteiger partial charge in [0.2, 0.25) is 0 Å². The molecule has 7 heteroatoms.